The van der Waals surface area contributed by atoms with Gasteiger partial charge < -0.3 is 4.12 Å². The van der Waals surface area contributed by atoms with E-state index in [1.807, 2.05) is 10.5 Å². The number of rotatable bonds is 4. The van der Waals surface area contributed by atoms with Crippen LogP contribution in [0.4, 0.5) is 0 Å². The van der Waals surface area contributed by atoms with Crippen molar-refractivity contribution in [1.82, 2.24) is 0 Å². The summed E-state index contributed by atoms with van der Waals surface area (Å²) in [5.41, 5.74) is 3.18. The molecular weight excluding hydrogens is 216 g/mol. The molecule has 0 bridgehead atoms. The second-order valence-corrected chi connectivity index (χ2v) is 11.2. The van der Waals surface area contributed by atoms with E-state index in [1.54, 1.807) is 0 Å². The predicted molar refractivity (Wildman–Crippen MR) is 68.2 cm³/mol. The fourth-order valence-corrected chi connectivity index (χ4v) is 12.7. The van der Waals surface area contributed by atoms with E-state index >= 15 is 0 Å². The van der Waals surface area contributed by atoms with Crippen LogP contribution in [0.15, 0.2) is 0 Å². The van der Waals surface area contributed by atoms with Crippen LogP contribution in [0.2, 0.25) is 16.6 Å². The van der Waals surface area contributed by atoms with Gasteiger partial charge in [-0.2, -0.15) is 0 Å². The van der Waals surface area contributed by atoms with Crippen molar-refractivity contribution in [2.45, 2.75) is 74.4 Å². The molecule has 15 heavy (non-hydrogen) atoms. The van der Waals surface area contributed by atoms with Gasteiger partial charge in [0.1, 0.15) is 0 Å². The Bertz CT molecular complexity index is 196. The zero-order valence-electron chi connectivity index (χ0n) is 9.71. The molecule has 0 aromatic carbocycles. The van der Waals surface area contributed by atoms with Crippen molar-refractivity contribution in [2.75, 3.05) is 0 Å². The summed E-state index contributed by atoms with van der Waals surface area (Å²) in [6.07, 6.45) is 13.5. The highest BCUT2D eigenvalue weighted by Crippen LogP contribution is 2.61. The lowest BCUT2D eigenvalue weighted by Crippen LogP contribution is -2.57. The average molecular weight is 239 g/mol. The molecule has 0 spiro atoms. The smallest absolute Gasteiger partial charge is 0.188 e. The molecule has 0 aromatic heterocycles. The molecular formula is C12H23OSi2. The van der Waals surface area contributed by atoms with Crippen LogP contribution in [0.25, 0.3) is 0 Å². The van der Waals surface area contributed by atoms with Gasteiger partial charge in [0.15, 0.2) is 18.8 Å². The van der Waals surface area contributed by atoms with Gasteiger partial charge in [-0.05, 0) is 16.6 Å². The molecule has 0 saturated heterocycles. The first-order valence-electron chi connectivity index (χ1n) is 6.81. The molecule has 1 nitrogen and oxygen atoms in total. The third-order valence-corrected chi connectivity index (χ3v) is 13.0. The predicted octanol–water partition coefficient (Wildman–Crippen LogP) is 3.16. The normalized spacial score (nSPS) is 29.4. The first-order chi connectivity index (χ1) is 7.38. The highest BCUT2D eigenvalue weighted by molar-refractivity contribution is 6.80. The zero-order valence-corrected chi connectivity index (χ0v) is 12.1. The van der Waals surface area contributed by atoms with Crippen molar-refractivity contribution in [2.24, 2.45) is 0 Å². The van der Waals surface area contributed by atoms with Crippen LogP contribution in [0.5, 0.6) is 0 Å². The van der Waals surface area contributed by atoms with Crippen LogP contribution >= 0.6 is 0 Å². The van der Waals surface area contributed by atoms with Crippen LogP contribution in [0.1, 0.15) is 57.8 Å². The Hall–Kier alpha value is 0.394. The summed E-state index contributed by atoms with van der Waals surface area (Å²) in [5.74, 6) is 0. The first-order valence-corrected chi connectivity index (χ1v) is 9.53. The van der Waals surface area contributed by atoms with E-state index in [4.69, 9.17) is 4.12 Å². The Balaban J connectivity index is 1.81. The summed E-state index contributed by atoms with van der Waals surface area (Å²) >= 11 is 0. The molecule has 3 fully saturated rings. The molecule has 1 radical (unpaired) electrons. The topological polar surface area (TPSA) is 9.23 Å². The maximum absolute atomic E-state index is 6.32. The van der Waals surface area contributed by atoms with E-state index in [2.05, 4.69) is 0 Å². The largest absolute Gasteiger partial charge is 0.460 e. The van der Waals surface area contributed by atoms with E-state index < -0.39 is 8.32 Å². The Morgan fingerprint density at radius 1 is 0.733 bits per heavy atom. The molecule has 0 heterocycles. The molecule has 0 atom stereocenters. The first kappa shape index (κ1) is 10.5. The lowest BCUT2D eigenvalue weighted by molar-refractivity contribution is 0.317. The Morgan fingerprint density at radius 2 is 1.07 bits per heavy atom. The molecule has 3 aliphatic carbocycles. The molecule has 85 valence electrons. The summed E-state index contributed by atoms with van der Waals surface area (Å²) in [6.45, 7) is 0. The molecule has 3 heteroatoms. The van der Waals surface area contributed by atoms with Crippen LogP contribution in [0.3, 0.4) is 0 Å². The van der Waals surface area contributed by atoms with Crippen molar-refractivity contribution in [1.29, 1.82) is 0 Å². The highest BCUT2D eigenvalue weighted by Gasteiger charge is 2.57. The zero-order chi connectivity index (χ0) is 10.3. The second kappa shape index (κ2) is 4.00. The van der Waals surface area contributed by atoms with Crippen molar-refractivity contribution < 1.29 is 4.12 Å². The third kappa shape index (κ3) is 1.42. The van der Waals surface area contributed by atoms with Crippen molar-refractivity contribution >= 4 is 18.8 Å². The van der Waals surface area contributed by atoms with Gasteiger partial charge in [-0.1, -0.05) is 57.8 Å². The van der Waals surface area contributed by atoms with Crippen LogP contribution in [-0.2, 0) is 4.12 Å². The fourth-order valence-electron chi connectivity index (χ4n) is 3.93. The maximum atomic E-state index is 6.32. The van der Waals surface area contributed by atoms with Crippen LogP contribution in [-0.4, -0.2) is 18.8 Å². The standard InChI is InChI=1S/C12H23OSi2/c14-13-15(10-4-1-5-10,11-6-2-7-11)12-8-3-9-12/h10-12H,1-9,14H2. The Labute approximate surface area is 97.6 Å². The van der Waals surface area contributed by atoms with Gasteiger partial charge in [-0.25, -0.2) is 0 Å². The van der Waals surface area contributed by atoms with E-state index in [9.17, 15) is 0 Å². The molecule has 0 unspecified atom stereocenters. The summed E-state index contributed by atoms with van der Waals surface area (Å²) in [6, 6.07) is 0. The molecule has 3 rings (SSSR count). The van der Waals surface area contributed by atoms with Crippen LogP contribution < -0.4 is 0 Å². The van der Waals surface area contributed by atoms with Gasteiger partial charge in [0.05, 0.1) is 0 Å². The average Bonchev–Trinajstić information content (AvgIpc) is 1.93. The summed E-state index contributed by atoms with van der Waals surface area (Å²) < 4.78 is 6.32. The molecule has 0 aliphatic heterocycles. The molecule has 3 aliphatic rings. The third-order valence-electron chi connectivity index (χ3n) is 5.48. The molecule has 3 saturated carbocycles. The van der Waals surface area contributed by atoms with Crippen molar-refractivity contribution in [3.63, 3.8) is 0 Å². The molecule has 0 aromatic rings. The fraction of sp³-hybridized carbons (Fsp3) is 1.00. The summed E-state index contributed by atoms with van der Waals surface area (Å²) in [7, 11) is 0.542. The minimum absolute atomic E-state index is 1.06. The Kier molecular flexibility index (Phi) is 2.81. The lowest BCUT2D eigenvalue weighted by Gasteiger charge is -2.56. The lowest BCUT2D eigenvalue weighted by atomic mass is 9.97. The monoisotopic (exact) mass is 239 g/mol. The SMILES string of the molecule is [SiH2]O[Si](C1CCC1)(C1CCC1)C1CCC1. The maximum Gasteiger partial charge on any atom is 0.188 e. The quantitative estimate of drug-likeness (QED) is 0.685. The van der Waals surface area contributed by atoms with Gasteiger partial charge in [0.2, 0.25) is 0 Å². The van der Waals surface area contributed by atoms with E-state index in [0.717, 1.165) is 16.6 Å². The van der Waals surface area contributed by atoms with Gasteiger partial charge >= 0.3 is 0 Å². The summed E-state index contributed by atoms with van der Waals surface area (Å²) in [5, 5.41) is 0. The van der Waals surface area contributed by atoms with E-state index in [-0.39, 0.29) is 0 Å². The molecule has 0 amide bonds. The van der Waals surface area contributed by atoms with E-state index in [1.165, 1.54) is 57.8 Å². The van der Waals surface area contributed by atoms with Gasteiger partial charge in [0, 0.05) is 0 Å². The van der Waals surface area contributed by atoms with Crippen molar-refractivity contribution in [3.05, 3.63) is 0 Å². The number of hydrogen-bond donors (Lipinski definition) is 0. The van der Waals surface area contributed by atoms with Gasteiger partial charge in [-0.3, -0.25) is 0 Å². The molecule has 0 N–H and O–H groups in total. The van der Waals surface area contributed by atoms with Gasteiger partial charge in [0.25, 0.3) is 0 Å². The minimum Gasteiger partial charge on any atom is -0.460 e. The van der Waals surface area contributed by atoms with Crippen LogP contribution in [0, 0.1) is 0 Å². The minimum atomic E-state index is -1.31. The second-order valence-electron chi connectivity index (χ2n) is 5.88. The van der Waals surface area contributed by atoms with Crippen molar-refractivity contribution in [3.8, 4) is 0 Å². The summed E-state index contributed by atoms with van der Waals surface area (Å²) in [4.78, 5) is 0. The highest BCUT2D eigenvalue weighted by atomic mass is 28.4. The Morgan fingerprint density at radius 3 is 1.20 bits per heavy atom. The number of hydrogen-bond acceptors (Lipinski definition) is 1. The van der Waals surface area contributed by atoms with E-state index in [0.29, 0.717) is 0 Å². The van der Waals surface area contributed by atoms with Gasteiger partial charge in [-0.15, -0.1) is 0 Å².